The lowest BCUT2D eigenvalue weighted by Gasteiger charge is -2.25. The van der Waals surface area contributed by atoms with Crippen LogP contribution < -0.4 is 0 Å². The molecular weight excluding hydrogens is 196 g/mol. The van der Waals surface area contributed by atoms with Crippen LogP contribution in [0.15, 0.2) is 30.3 Å². The van der Waals surface area contributed by atoms with Crippen molar-refractivity contribution >= 4 is 11.9 Å². The number of hydrogen-bond acceptors (Lipinski definition) is 4. The zero-order chi connectivity index (χ0) is 10.8. The minimum Gasteiger partial charge on any atom is -0.448 e. The van der Waals surface area contributed by atoms with E-state index in [0.29, 0.717) is 5.56 Å². The number of rotatable bonds is 1. The Kier molecular flexibility index (Phi) is 2.41. The van der Waals surface area contributed by atoms with E-state index in [0.717, 1.165) is 0 Å². The number of carbonyl (C=O) groups excluding carboxylic acids is 2. The SMILES string of the molecule is C[C@H]1OC(=O)[C@@H](c2ccccc2)OC1=O. The molecule has 2 atom stereocenters. The summed E-state index contributed by atoms with van der Waals surface area (Å²) in [5.41, 5.74) is 0.628. The van der Waals surface area contributed by atoms with Crippen LogP contribution in [0.3, 0.4) is 0 Å². The Balaban J connectivity index is 2.24. The van der Waals surface area contributed by atoms with Gasteiger partial charge in [-0.05, 0) is 6.92 Å². The Morgan fingerprint density at radius 2 is 1.67 bits per heavy atom. The van der Waals surface area contributed by atoms with Crippen molar-refractivity contribution in [2.45, 2.75) is 19.1 Å². The summed E-state index contributed by atoms with van der Waals surface area (Å²) in [6.07, 6.45) is -1.73. The van der Waals surface area contributed by atoms with Gasteiger partial charge in [-0.25, -0.2) is 9.59 Å². The van der Waals surface area contributed by atoms with E-state index in [9.17, 15) is 9.59 Å². The number of cyclic esters (lactones) is 2. The molecule has 1 aromatic carbocycles. The van der Waals surface area contributed by atoms with E-state index in [2.05, 4.69) is 0 Å². The summed E-state index contributed by atoms with van der Waals surface area (Å²) in [6.45, 7) is 1.49. The molecule has 15 heavy (non-hydrogen) atoms. The first-order valence-electron chi connectivity index (χ1n) is 4.64. The highest BCUT2D eigenvalue weighted by Gasteiger charge is 2.36. The highest BCUT2D eigenvalue weighted by Crippen LogP contribution is 2.24. The van der Waals surface area contributed by atoms with Crippen molar-refractivity contribution in [1.82, 2.24) is 0 Å². The molecule has 2 rings (SSSR count). The van der Waals surface area contributed by atoms with Gasteiger partial charge in [0.2, 0.25) is 6.10 Å². The molecule has 4 nitrogen and oxygen atoms in total. The average molecular weight is 206 g/mol. The van der Waals surface area contributed by atoms with E-state index in [1.165, 1.54) is 6.92 Å². The topological polar surface area (TPSA) is 52.6 Å². The van der Waals surface area contributed by atoms with E-state index >= 15 is 0 Å². The summed E-state index contributed by atoms with van der Waals surface area (Å²) >= 11 is 0. The molecule has 1 saturated heterocycles. The van der Waals surface area contributed by atoms with Crippen LogP contribution in [0.5, 0.6) is 0 Å². The van der Waals surface area contributed by atoms with Gasteiger partial charge in [0.1, 0.15) is 0 Å². The van der Waals surface area contributed by atoms with Gasteiger partial charge in [-0.2, -0.15) is 0 Å². The van der Waals surface area contributed by atoms with Gasteiger partial charge in [0.15, 0.2) is 6.10 Å². The first-order valence-corrected chi connectivity index (χ1v) is 4.64. The first-order chi connectivity index (χ1) is 7.18. The molecule has 0 bridgehead atoms. The average Bonchev–Trinajstić information content (AvgIpc) is 2.25. The second-order valence-corrected chi connectivity index (χ2v) is 3.31. The fraction of sp³-hybridized carbons (Fsp3) is 0.273. The third kappa shape index (κ3) is 1.83. The van der Waals surface area contributed by atoms with Gasteiger partial charge in [0.25, 0.3) is 0 Å². The molecule has 1 aromatic rings. The summed E-state index contributed by atoms with van der Waals surface area (Å²) in [6, 6.07) is 8.80. The fourth-order valence-electron chi connectivity index (χ4n) is 1.38. The van der Waals surface area contributed by atoms with Gasteiger partial charge in [0.05, 0.1) is 0 Å². The van der Waals surface area contributed by atoms with Gasteiger partial charge in [-0.1, -0.05) is 30.3 Å². The number of hydrogen-bond donors (Lipinski definition) is 0. The molecule has 0 spiro atoms. The number of esters is 2. The number of carbonyl (C=O) groups is 2. The van der Waals surface area contributed by atoms with Crippen LogP contribution in [0.2, 0.25) is 0 Å². The molecule has 0 N–H and O–H groups in total. The Bertz CT molecular complexity index is 385. The third-order valence-corrected chi connectivity index (χ3v) is 2.18. The molecule has 0 aliphatic carbocycles. The zero-order valence-electron chi connectivity index (χ0n) is 8.17. The normalized spacial score (nSPS) is 25.7. The lowest BCUT2D eigenvalue weighted by Crippen LogP contribution is -2.37. The van der Waals surface area contributed by atoms with Crippen molar-refractivity contribution in [3.63, 3.8) is 0 Å². The van der Waals surface area contributed by atoms with Crippen LogP contribution in [-0.4, -0.2) is 18.0 Å². The van der Waals surface area contributed by atoms with Gasteiger partial charge < -0.3 is 9.47 Å². The minimum absolute atomic E-state index is 0.511. The summed E-state index contributed by atoms with van der Waals surface area (Å²) in [5, 5.41) is 0. The van der Waals surface area contributed by atoms with Gasteiger partial charge in [-0.15, -0.1) is 0 Å². The largest absolute Gasteiger partial charge is 0.448 e. The molecule has 4 heteroatoms. The standard InChI is InChI=1S/C11H10O4/c1-7-10(12)15-9(11(13)14-7)8-5-3-2-4-6-8/h2-7,9H,1H3/t7-,9-/m1/s1. The molecule has 0 unspecified atom stereocenters. The van der Waals surface area contributed by atoms with Gasteiger partial charge in [0, 0.05) is 5.56 Å². The third-order valence-electron chi connectivity index (χ3n) is 2.18. The maximum atomic E-state index is 11.5. The molecule has 0 radical (unpaired) electrons. The van der Waals surface area contributed by atoms with Crippen molar-refractivity contribution in [3.8, 4) is 0 Å². The van der Waals surface area contributed by atoms with Crippen molar-refractivity contribution in [2.24, 2.45) is 0 Å². The molecule has 0 saturated carbocycles. The summed E-state index contributed by atoms with van der Waals surface area (Å²) in [4.78, 5) is 22.7. The Morgan fingerprint density at radius 3 is 2.33 bits per heavy atom. The monoisotopic (exact) mass is 206 g/mol. The quantitative estimate of drug-likeness (QED) is 0.648. The van der Waals surface area contributed by atoms with Gasteiger partial charge in [-0.3, -0.25) is 0 Å². The molecule has 78 valence electrons. The zero-order valence-corrected chi connectivity index (χ0v) is 8.17. The molecular formula is C11H10O4. The van der Waals surface area contributed by atoms with E-state index in [1.54, 1.807) is 24.3 Å². The Morgan fingerprint density at radius 1 is 1.00 bits per heavy atom. The van der Waals surface area contributed by atoms with Crippen LogP contribution in [-0.2, 0) is 19.1 Å². The van der Waals surface area contributed by atoms with E-state index in [-0.39, 0.29) is 0 Å². The van der Waals surface area contributed by atoms with Crippen molar-refractivity contribution < 1.29 is 19.1 Å². The second kappa shape index (κ2) is 3.73. The number of ether oxygens (including phenoxy) is 2. The molecule has 1 heterocycles. The van der Waals surface area contributed by atoms with Crippen molar-refractivity contribution in [2.75, 3.05) is 0 Å². The van der Waals surface area contributed by atoms with Crippen LogP contribution in [0.1, 0.15) is 18.6 Å². The van der Waals surface area contributed by atoms with Crippen LogP contribution in [0.4, 0.5) is 0 Å². The molecule has 0 aromatic heterocycles. The second-order valence-electron chi connectivity index (χ2n) is 3.31. The fourth-order valence-corrected chi connectivity index (χ4v) is 1.38. The molecule has 0 amide bonds. The van der Waals surface area contributed by atoms with E-state index in [4.69, 9.17) is 9.47 Å². The molecule has 1 fully saturated rings. The van der Waals surface area contributed by atoms with Crippen molar-refractivity contribution in [3.05, 3.63) is 35.9 Å². The smallest absolute Gasteiger partial charge is 0.353 e. The maximum Gasteiger partial charge on any atom is 0.353 e. The van der Waals surface area contributed by atoms with Crippen LogP contribution >= 0.6 is 0 Å². The predicted molar refractivity (Wildman–Crippen MR) is 50.8 cm³/mol. The van der Waals surface area contributed by atoms with Gasteiger partial charge >= 0.3 is 11.9 Å². The number of benzene rings is 1. The summed E-state index contributed by atoms with van der Waals surface area (Å²) in [5.74, 6) is -1.03. The maximum absolute atomic E-state index is 11.5. The first kappa shape index (κ1) is 9.71. The Labute approximate surface area is 86.8 Å². The van der Waals surface area contributed by atoms with Crippen LogP contribution in [0, 0.1) is 0 Å². The minimum atomic E-state index is -0.921. The lowest BCUT2D eigenvalue weighted by molar-refractivity contribution is -0.194. The van der Waals surface area contributed by atoms with E-state index < -0.39 is 24.1 Å². The summed E-state index contributed by atoms with van der Waals surface area (Å²) in [7, 11) is 0. The van der Waals surface area contributed by atoms with Crippen molar-refractivity contribution in [1.29, 1.82) is 0 Å². The van der Waals surface area contributed by atoms with E-state index in [1.807, 2.05) is 6.07 Å². The highest BCUT2D eigenvalue weighted by atomic mass is 16.6. The van der Waals surface area contributed by atoms with Crippen LogP contribution in [0.25, 0.3) is 0 Å². The lowest BCUT2D eigenvalue weighted by atomic mass is 10.1. The predicted octanol–water partition coefficient (Wildman–Crippen LogP) is 1.22. The Hall–Kier alpha value is -1.84. The molecule has 1 aliphatic heterocycles. The highest BCUT2D eigenvalue weighted by molar-refractivity contribution is 5.88. The molecule has 1 aliphatic rings. The summed E-state index contributed by atoms with van der Waals surface area (Å²) < 4.78 is 9.84.